The molecule has 0 heterocycles. The molecule has 0 amide bonds. The van der Waals surface area contributed by atoms with Crippen LogP contribution in [0, 0.1) is 17.3 Å². The van der Waals surface area contributed by atoms with Crippen LogP contribution in [0.5, 0.6) is 0 Å². The van der Waals surface area contributed by atoms with Gasteiger partial charge in [0.2, 0.25) is 0 Å². The summed E-state index contributed by atoms with van der Waals surface area (Å²) < 4.78 is 0. The molecular weight excluding hydrogens is 226 g/mol. The average Bonchev–Trinajstić information content (AvgIpc) is 2.26. The van der Waals surface area contributed by atoms with E-state index in [1.54, 1.807) is 0 Å². The lowest BCUT2D eigenvalue weighted by Gasteiger charge is -2.22. The fraction of sp³-hybridized carbons (Fsp3) is 0.867. The summed E-state index contributed by atoms with van der Waals surface area (Å²) in [6.45, 7) is 6.42. The zero-order valence-corrected chi connectivity index (χ0v) is 12.4. The van der Waals surface area contributed by atoms with Gasteiger partial charge in [0.1, 0.15) is 0 Å². The molecular formula is C15H27NS. The standard InChI is InChI=1S/C15H27NS/c1-15(2,3)11-7-8-13(16)12-17-14-9-5-4-6-10-14/h13-14H,4-6,8-10,12,16H2,1-3H3. The van der Waals surface area contributed by atoms with Gasteiger partial charge in [0.05, 0.1) is 0 Å². The van der Waals surface area contributed by atoms with E-state index < -0.39 is 0 Å². The monoisotopic (exact) mass is 253 g/mol. The number of hydrogen-bond donors (Lipinski definition) is 1. The zero-order valence-electron chi connectivity index (χ0n) is 11.6. The molecule has 17 heavy (non-hydrogen) atoms. The highest BCUT2D eigenvalue weighted by Crippen LogP contribution is 2.28. The Morgan fingerprint density at radius 3 is 2.47 bits per heavy atom. The Labute approximate surface area is 111 Å². The minimum atomic E-state index is 0.107. The Kier molecular flexibility index (Phi) is 6.44. The van der Waals surface area contributed by atoms with Gasteiger partial charge in [0.25, 0.3) is 0 Å². The van der Waals surface area contributed by atoms with Gasteiger partial charge in [-0.3, -0.25) is 0 Å². The van der Waals surface area contributed by atoms with Gasteiger partial charge in [-0.1, -0.05) is 25.2 Å². The van der Waals surface area contributed by atoms with Crippen LogP contribution < -0.4 is 5.73 Å². The van der Waals surface area contributed by atoms with Crippen molar-refractivity contribution in [3.63, 3.8) is 0 Å². The third-order valence-electron chi connectivity index (χ3n) is 2.93. The molecule has 0 aromatic carbocycles. The third-order valence-corrected chi connectivity index (χ3v) is 4.49. The van der Waals surface area contributed by atoms with Crippen molar-refractivity contribution in [2.24, 2.45) is 11.1 Å². The Morgan fingerprint density at radius 1 is 1.24 bits per heavy atom. The molecule has 1 fully saturated rings. The van der Waals surface area contributed by atoms with Gasteiger partial charge in [0, 0.05) is 28.9 Å². The predicted octanol–water partition coefficient (Wildman–Crippen LogP) is 3.82. The highest BCUT2D eigenvalue weighted by molar-refractivity contribution is 7.99. The first-order valence-corrected chi connectivity index (χ1v) is 7.89. The van der Waals surface area contributed by atoms with E-state index in [9.17, 15) is 0 Å². The van der Waals surface area contributed by atoms with Crippen molar-refractivity contribution in [3.8, 4) is 11.8 Å². The molecule has 1 nitrogen and oxygen atoms in total. The SMILES string of the molecule is CC(C)(C)C#CCC(N)CSC1CCCCC1. The molecule has 98 valence electrons. The topological polar surface area (TPSA) is 26.0 Å². The van der Waals surface area contributed by atoms with Crippen molar-refractivity contribution in [3.05, 3.63) is 0 Å². The van der Waals surface area contributed by atoms with Crippen LogP contribution in [0.3, 0.4) is 0 Å². The van der Waals surface area contributed by atoms with Crippen molar-refractivity contribution in [2.75, 3.05) is 5.75 Å². The lowest BCUT2D eigenvalue weighted by molar-refractivity contribution is 0.515. The minimum Gasteiger partial charge on any atom is -0.326 e. The second-order valence-corrected chi connectivity index (χ2v) is 7.44. The lowest BCUT2D eigenvalue weighted by Crippen LogP contribution is -2.24. The predicted molar refractivity (Wildman–Crippen MR) is 79.2 cm³/mol. The first-order valence-electron chi connectivity index (χ1n) is 6.84. The highest BCUT2D eigenvalue weighted by atomic mass is 32.2. The summed E-state index contributed by atoms with van der Waals surface area (Å²) in [5, 5.41) is 0.866. The fourth-order valence-electron chi connectivity index (χ4n) is 2.00. The Hall–Kier alpha value is -0.130. The van der Waals surface area contributed by atoms with Crippen molar-refractivity contribution in [1.29, 1.82) is 0 Å². The fourth-order valence-corrected chi connectivity index (χ4v) is 3.30. The van der Waals surface area contributed by atoms with Crippen LogP contribution in [0.2, 0.25) is 0 Å². The second-order valence-electron chi connectivity index (χ2n) is 6.11. The molecule has 0 spiro atoms. The number of thioether (sulfide) groups is 1. The molecule has 0 bridgehead atoms. The first kappa shape index (κ1) is 14.9. The van der Waals surface area contributed by atoms with Crippen LogP contribution in [0.1, 0.15) is 59.3 Å². The summed E-state index contributed by atoms with van der Waals surface area (Å²) in [5.74, 6) is 7.55. The molecule has 1 atom stereocenters. The molecule has 1 aliphatic carbocycles. The minimum absolute atomic E-state index is 0.107. The van der Waals surface area contributed by atoms with E-state index in [0.29, 0.717) is 0 Å². The van der Waals surface area contributed by atoms with Gasteiger partial charge in [0.15, 0.2) is 0 Å². The Balaban J connectivity index is 2.15. The molecule has 2 heteroatoms. The molecule has 2 N–H and O–H groups in total. The van der Waals surface area contributed by atoms with Crippen LogP contribution >= 0.6 is 11.8 Å². The normalized spacial score (nSPS) is 19.5. The quantitative estimate of drug-likeness (QED) is 0.771. The van der Waals surface area contributed by atoms with Gasteiger partial charge in [-0.25, -0.2) is 0 Å². The van der Waals surface area contributed by atoms with Gasteiger partial charge in [-0.15, -0.1) is 5.92 Å². The summed E-state index contributed by atoms with van der Waals surface area (Å²) in [6, 6.07) is 0.247. The van der Waals surface area contributed by atoms with Crippen molar-refractivity contribution in [1.82, 2.24) is 0 Å². The van der Waals surface area contributed by atoms with E-state index in [1.165, 1.54) is 32.1 Å². The number of nitrogens with two attached hydrogens (primary N) is 1. The van der Waals surface area contributed by atoms with E-state index in [0.717, 1.165) is 17.4 Å². The van der Waals surface area contributed by atoms with Crippen molar-refractivity contribution in [2.45, 2.75) is 70.6 Å². The van der Waals surface area contributed by atoms with Crippen LogP contribution in [0.25, 0.3) is 0 Å². The maximum atomic E-state index is 6.10. The van der Waals surface area contributed by atoms with Gasteiger partial charge >= 0.3 is 0 Å². The molecule has 1 aliphatic rings. The average molecular weight is 253 g/mol. The maximum absolute atomic E-state index is 6.10. The van der Waals surface area contributed by atoms with Crippen LogP contribution in [-0.4, -0.2) is 17.0 Å². The summed E-state index contributed by atoms with van der Waals surface area (Å²) in [5.41, 5.74) is 6.20. The third kappa shape index (κ3) is 7.73. The summed E-state index contributed by atoms with van der Waals surface area (Å²) in [7, 11) is 0. The van der Waals surface area contributed by atoms with Gasteiger partial charge in [-0.05, 0) is 33.6 Å². The van der Waals surface area contributed by atoms with E-state index >= 15 is 0 Å². The zero-order chi connectivity index (χ0) is 12.7. The largest absolute Gasteiger partial charge is 0.326 e. The molecule has 0 aromatic heterocycles. The Morgan fingerprint density at radius 2 is 1.88 bits per heavy atom. The molecule has 0 aromatic rings. The van der Waals surface area contributed by atoms with E-state index in [2.05, 4.69) is 44.4 Å². The molecule has 0 radical (unpaired) electrons. The molecule has 0 saturated heterocycles. The number of hydrogen-bond acceptors (Lipinski definition) is 2. The van der Waals surface area contributed by atoms with Crippen molar-refractivity contribution < 1.29 is 0 Å². The Bertz CT molecular complexity index is 263. The van der Waals surface area contributed by atoms with E-state index in [-0.39, 0.29) is 11.5 Å². The van der Waals surface area contributed by atoms with Crippen LogP contribution in [0.4, 0.5) is 0 Å². The van der Waals surface area contributed by atoms with Gasteiger partial charge < -0.3 is 5.73 Å². The maximum Gasteiger partial charge on any atom is 0.0249 e. The summed E-state index contributed by atoms with van der Waals surface area (Å²) >= 11 is 2.07. The molecule has 1 rings (SSSR count). The lowest BCUT2D eigenvalue weighted by atomic mass is 9.97. The summed E-state index contributed by atoms with van der Waals surface area (Å²) in [4.78, 5) is 0. The van der Waals surface area contributed by atoms with E-state index in [4.69, 9.17) is 5.73 Å². The first-order chi connectivity index (χ1) is 7.97. The van der Waals surface area contributed by atoms with Gasteiger partial charge in [-0.2, -0.15) is 11.8 Å². The van der Waals surface area contributed by atoms with Crippen LogP contribution in [0.15, 0.2) is 0 Å². The molecule has 0 aliphatic heterocycles. The van der Waals surface area contributed by atoms with Crippen LogP contribution in [-0.2, 0) is 0 Å². The molecule has 1 unspecified atom stereocenters. The van der Waals surface area contributed by atoms with Crippen molar-refractivity contribution >= 4 is 11.8 Å². The smallest absolute Gasteiger partial charge is 0.0249 e. The molecule has 1 saturated carbocycles. The second kappa shape index (κ2) is 7.34. The number of rotatable bonds is 4. The highest BCUT2D eigenvalue weighted by Gasteiger charge is 2.14. The summed E-state index contributed by atoms with van der Waals surface area (Å²) in [6.07, 6.45) is 7.89. The van der Waals surface area contributed by atoms with E-state index in [1.807, 2.05) is 0 Å².